The number of unbranched alkanes of at least 4 members (excludes halogenated alkanes) is 11. The van der Waals surface area contributed by atoms with Crippen molar-refractivity contribution in [3.63, 3.8) is 0 Å². The summed E-state index contributed by atoms with van der Waals surface area (Å²) in [5.41, 5.74) is 0. The summed E-state index contributed by atoms with van der Waals surface area (Å²) >= 11 is 0. The van der Waals surface area contributed by atoms with Crippen molar-refractivity contribution in [2.75, 3.05) is 6.61 Å². The lowest BCUT2D eigenvalue weighted by Gasteiger charge is -2.25. The molecule has 150 valence electrons. The van der Waals surface area contributed by atoms with E-state index in [2.05, 4.69) is 12.2 Å². The number of carbonyl (C=O) groups excluding carboxylic acids is 1. The second kappa shape index (κ2) is 16.8. The number of amides is 1. The maximum absolute atomic E-state index is 11.0. The van der Waals surface area contributed by atoms with E-state index in [-0.39, 0.29) is 12.5 Å². The van der Waals surface area contributed by atoms with Gasteiger partial charge in [0, 0.05) is 6.92 Å². The van der Waals surface area contributed by atoms with Crippen LogP contribution in [0.3, 0.4) is 0 Å². The van der Waals surface area contributed by atoms with E-state index in [9.17, 15) is 20.1 Å². The summed E-state index contributed by atoms with van der Waals surface area (Å²) in [5, 5.41) is 31.6. The van der Waals surface area contributed by atoms with Gasteiger partial charge in [-0.25, -0.2) is 0 Å². The number of carbonyl (C=O) groups is 1. The third kappa shape index (κ3) is 14.2. The Morgan fingerprint density at radius 1 is 0.840 bits per heavy atom. The average Bonchev–Trinajstić information content (AvgIpc) is 2.59. The molecule has 0 saturated heterocycles. The van der Waals surface area contributed by atoms with Crippen molar-refractivity contribution in [1.82, 2.24) is 5.32 Å². The van der Waals surface area contributed by atoms with Gasteiger partial charge < -0.3 is 20.6 Å². The Bertz CT molecular complexity index is 312. The van der Waals surface area contributed by atoms with E-state index < -0.39 is 18.2 Å². The molecular formula is C20H41NO4. The highest BCUT2D eigenvalue weighted by atomic mass is 16.3. The lowest BCUT2D eigenvalue weighted by Crippen LogP contribution is -2.50. The Kier molecular flexibility index (Phi) is 16.4. The van der Waals surface area contributed by atoms with E-state index in [1.54, 1.807) is 0 Å². The predicted octanol–water partition coefficient (Wildman–Crippen LogP) is 3.30. The fraction of sp³-hybridized carbons (Fsp3) is 0.950. The van der Waals surface area contributed by atoms with Gasteiger partial charge in [-0.15, -0.1) is 0 Å². The van der Waals surface area contributed by atoms with Gasteiger partial charge in [0.25, 0.3) is 0 Å². The van der Waals surface area contributed by atoms with E-state index in [0.29, 0.717) is 6.42 Å². The first-order valence-electron chi connectivity index (χ1n) is 10.3. The van der Waals surface area contributed by atoms with Crippen LogP contribution in [0.25, 0.3) is 0 Å². The zero-order valence-corrected chi connectivity index (χ0v) is 16.4. The van der Waals surface area contributed by atoms with Crippen LogP contribution in [-0.4, -0.2) is 46.1 Å². The lowest BCUT2D eigenvalue weighted by atomic mass is 9.99. The molecule has 25 heavy (non-hydrogen) atoms. The molecule has 0 radical (unpaired) electrons. The predicted molar refractivity (Wildman–Crippen MR) is 102 cm³/mol. The minimum Gasteiger partial charge on any atom is -0.394 e. The Morgan fingerprint density at radius 2 is 1.28 bits per heavy atom. The summed E-state index contributed by atoms with van der Waals surface area (Å²) in [6.45, 7) is 3.19. The molecule has 0 rings (SSSR count). The van der Waals surface area contributed by atoms with E-state index in [1.165, 1.54) is 64.7 Å². The topological polar surface area (TPSA) is 89.8 Å². The molecule has 0 aliphatic carbocycles. The van der Waals surface area contributed by atoms with Crippen LogP contribution >= 0.6 is 0 Å². The third-order valence-corrected chi connectivity index (χ3v) is 4.75. The van der Waals surface area contributed by atoms with Crippen molar-refractivity contribution in [2.45, 2.75) is 116 Å². The van der Waals surface area contributed by atoms with Gasteiger partial charge in [0.05, 0.1) is 18.8 Å². The number of hydrogen-bond acceptors (Lipinski definition) is 4. The van der Waals surface area contributed by atoms with Crippen LogP contribution in [-0.2, 0) is 4.79 Å². The summed E-state index contributed by atoms with van der Waals surface area (Å²) in [6, 6.07) is -0.801. The first-order chi connectivity index (χ1) is 12.0. The Hall–Kier alpha value is -0.650. The van der Waals surface area contributed by atoms with Crippen LogP contribution in [0.5, 0.6) is 0 Å². The molecule has 0 fully saturated rings. The molecule has 0 bridgehead atoms. The largest absolute Gasteiger partial charge is 0.394 e. The van der Waals surface area contributed by atoms with Gasteiger partial charge >= 0.3 is 0 Å². The Balaban J connectivity index is 3.53. The van der Waals surface area contributed by atoms with Crippen molar-refractivity contribution in [1.29, 1.82) is 0 Å². The van der Waals surface area contributed by atoms with Gasteiger partial charge in [0.2, 0.25) is 5.91 Å². The second-order valence-electron chi connectivity index (χ2n) is 7.23. The van der Waals surface area contributed by atoms with Crippen molar-refractivity contribution in [3.05, 3.63) is 0 Å². The first kappa shape index (κ1) is 24.4. The smallest absolute Gasteiger partial charge is 0.217 e. The molecule has 0 unspecified atom stereocenters. The van der Waals surface area contributed by atoms with Gasteiger partial charge in [-0.05, 0) is 6.42 Å². The summed E-state index contributed by atoms with van der Waals surface area (Å²) in [5.74, 6) is -0.323. The van der Waals surface area contributed by atoms with Crippen LogP contribution in [0.1, 0.15) is 97.3 Å². The molecule has 0 aliphatic heterocycles. The van der Waals surface area contributed by atoms with Gasteiger partial charge in [0.15, 0.2) is 0 Å². The van der Waals surface area contributed by atoms with Crippen LogP contribution < -0.4 is 5.32 Å². The second-order valence-corrected chi connectivity index (χ2v) is 7.23. The normalized spacial score (nSPS) is 14.9. The zero-order valence-electron chi connectivity index (χ0n) is 16.4. The quantitative estimate of drug-likeness (QED) is 0.300. The number of nitrogens with one attached hydrogen (secondary N) is 1. The molecule has 1 amide bonds. The fourth-order valence-electron chi connectivity index (χ4n) is 3.13. The van der Waals surface area contributed by atoms with Crippen molar-refractivity contribution in [2.24, 2.45) is 0 Å². The molecule has 0 spiro atoms. The molecular weight excluding hydrogens is 318 g/mol. The molecule has 0 saturated carbocycles. The summed E-state index contributed by atoms with van der Waals surface area (Å²) in [7, 11) is 0. The van der Waals surface area contributed by atoms with E-state index in [1.807, 2.05) is 0 Å². The molecule has 3 atom stereocenters. The molecule has 4 N–H and O–H groups in total. The standard InChI is InChI=1S/C20H41NO4/c1-3-4-5-6-7-8-9-10-11-12-13-14-15-19(24)20(25)18(16-22)21-17(2)23/h18-20,22,24-25H,3-16H2,1-2H3,(H,21,23)/t18-,19+,20+/m1/s1. The lowest BCUT2D eigenvalue weighted by molar-refractivity contribution is -0.122. The number of hydrogen-bond donors (Lipinski definition) is 4. The molecule has 0 aromatic rings. The summed E-state index contributed by atoms with van der Waals surface area (Å²) < 4.78 is 0. The monoisotopic (exact) mass is 359 g/mol. The Labute approximate surface area is 154 Å². The molecule has 0 aliphatic rings. The minimum absolute atomic E-state index is 0.323. The fourth-order valence-corrected chi connectivity index (χ4v) is 3.13. The molecule has 5 heteroatoms. The highest BCUT2D eigenvalue weighted by Gasteiger charge is 2.25. The highest BCUT2D eigenvalue weighted by Crippen LogP contribution is 2.14. The number of aliphatic hydroxyl groups is 3. The van der Waals surface area contributed by atoms with Crippen LogP contribution in [0.4, 0.5) is 0 Å². The van der Waals surface area contributed by atoms with Gasteiger partial charge in [0.1, 0.15) is 6.10 Å². The van der Waals surface area contributed by atoms with Crippen molar-refractivity contribution < 1.29 is 20.1 Å². The highest BCUT2D eigenvalue weighted by molar-refractivity contribution is 5.73. The van der Waals surface area contributed by atoms with Crippen molar-refractivity contribution in [3.8, 4) is 0 Å². The SMILES string of the molecule is CCCCCCCCCCCCCC[C@H](O)[C@@H](O)[C@@H](CO)NC(C)=O. The van der Waals surface area contributed by atoms with E-state index in [4.69, 9.17) is 0 Å². The van der Waals surface area contributed by atoms with Crippen LogP contribution in [0.15, 0.2) is 0 Å². The van der Waals surface area contributed by atoms with Gasteiger partial charge in [-0.2, -0.15) is 0 Å². The molecule has 0 aromatic carbocycles. The first-order valence-corrected chi connectivity index (χ1v) is 10.3. The zero-order chi connectivity index (χ0) is 18.9. The Morgan fingerprint density at radius 3 is 1.68 bits per heavy atom. The summed E-state index contributed by atoms with van der Waals surface area (Å²) in [4.78, 5) is 11.0. The van der Waals surface area contributed by atoms with Gasteiger partial charge in [-0.1, -0.05) is 84.0 Å². The van der Waals surface area contributed by atoms with Gasteiger partial charge in [-0.3, -0.25) is 4.79 Å². The van der Waals surface area contributed by atoms with Crippen molar-refractivity contribution >= 4 is 5.91 Å². The van der Waals surface area contributed by atoms with Crippen LogP contribution in [0.2, 0.25) is 0 Å². The molecule has 0 aromatic heterocycles. The maximum atomic E-state index is 11.0. The van der Waals surface area contributed by atoms with E-state index in [0.717, 1.165) is 19.3 Å². The maximum Gasteiger partial charge on any atom is 0.217 e. The number of aliphatic hydroxyl groups excluding tert-OH is 3. The van der Waals surface area contributed by atoms with Crippen LogP contribution in [0, 0.1) is 0 Å². The third-order valence-electron chi connectivity index (χ3n) is 4.75. The minimum atomic E-state index is -1.12. The number of rotatable bonds is 17. The summed E-state index contributed by atoms with van der Waals surface area (Å²) in [6.07, 6.45) is 13.5. The van der Waals surface area contributed by atoms with E-state index >= 15 is 0 Å². The average molecular weight is 360 g/mol. The molecule has 0 heterocycles. The molecule has 5 nitrogen and oxygen atoms in total.